The van der Waals surface area contributed by atoms with Crippen LogP contribution in [0.15, 0.2) is 42.5 Å². The molecular formula is C22H21ClF3N3O. The van der Waals surface area contributed by atoms with Crippen LogP contribution in [0, 0.1) is 0 Å². The molecule has 1 aromatic heterocycles. The maximum atomic E-state index is 13.7. The van der Waals surface area contributed by atoms with E-state index in [1.54, 1.807) is 7.11 Å². The van der Waals surface area contributed by atoms with Crippen molar-refractivity contribution in [2.75, 3.05) is 19.0 Å². The van der Waals surface area contributed by atoms with Crippen molar-refractivity contribution in [2.24, 2.45) is 0 Å². The van der Waals surface area contributed by atoms with Gasteiger partial charge in [-0.3, -0.25) is 0 Å². The number of fused-ring (bicyclic) bond motifs is 1. The highest BCUT2D eigenvalue weighted by Crippen LogP contribution is 2.38. The van der Waals surface area contributed by atoms with Gasteiger partial charge < -0.3 is 10.1 Å². The number of halogens is 4. The van der Waals surface area contributed by atoms with E-state index in [1.807, 2.05) is 24.3 Å². The SMILES string of the molecule is COc1ccccc1Cc1nn(-c2ccc(Cl)cc2C(F)(F)F)c2c1CCCCN2. The molecule has 0 saturated carbocycles. The Kier molecular flexibility index (Phi) is 5.64. The third-order valence-electron chi connectivity index (χ3n) is 5.26. The van der Waals surface area contributed by atoms with Gasteiger partial charge in [0, 0.05) is 29.1 Å². The van der Waals surface area contributed by atoms with Gasteiger partial charge in [0.05, 0.1) is 24.1 Å². The summed E-state index contributed by atoms with van der Waals surface area (Å²) in [6, 6.07) is 11.4. The fourth-order valence-electron chi connectivity index (χ4n) is 3.84. The summed E-state index contributed by atoms with van der Waals surface area (Å²) in [5, 5.41) is 7.96. The highest BCUT2D eigenvalue weighted by Gasteiger charge is 2.35. The van der Waals surface area contributed by atoms with Crippen LogP contribution >= 0.6 is 11.6 Å². The van der Waals surface area contributed by atoms with Crippen molar-refractivity contribution in [3.05, 3.63) is 69.9 Å². The van der Waals surface area contributed by atoms with E-state index >= 15 is 0 Å². The maximum absolute atomic E-state index is 13.7. The summed E-state index contributed by atoms with van der Waals surface area (Å²) in [7, 11) is 1.60. The van der Waals surface area contributed by atoms with E-state index in [4.69, 9.17) is 16.3 Å². The minimum Gasteiger partial charge on any atom is -0.496 e. The molecule has 4 rings (SSSR count). The Morgan fingerprint density at radius 3 is 2.73 bits per heavy atom. The Morgan fingerprint density at radius 2 is 1.97 bits per heavy atom. The molecule has 3 aromatic rings. The lowest BCUT2D eigenvalue weighted by Gasteiger charge is -2.16. The van der Waals surface area contributed by atoms with Crippen molar-refractivity contribution in [1.29, 1.82) is 0 Å². The molecule has 30 heavy (non-hydrogen) atoms. The molecule has 0 amide bonds. The second-order valence-corrected chi connectivity index (χ2v) is 7.65. The van der Waals surface area contributed by atoms with Gasteiger partial charge in [-0.2, -0.15) is 18.3 Å². The van der Waals surface area contributed by atoms with Gasteiger partial charge in [-0.15, -0.1) is 0 Å². The summed E-state index contributed by atoms with van der Waals surface area (Å²) in [6.07, 6.45) is -1.45. The van der Waals surface area contributed by atoms with Crippen molar-refractivity contribution in [2.45, 2.75) is 31.9 Å². The smallest absolute Gasteiger partial charge is 0.418 e. The van der Waals surface area contributed by atoms with Gasteiger partial charge in [0.2, 0.25) is 0 Å². The van der Waals surface area contributed by atoms with E-state index in [0.29, 0.717) is 18.8 Å². The van der Waals surface area contributed by atoms with E-state index in [9.17, 15) is 13.2 Å². The van der Waals surface area contributed by atoms with Crippen LogP contribution in [-0.4, -0.2) is 23.4 Å². The van der Waals surface area contributed by atoms with Gasteiger partial charge in [-0.25, -0.2) is 4.68 Å². The van der Waals surface area contributed by atoms with Crippen molar-refractivity contribution < 1.29 is 17.9 Å². The number of aromatic nitrogens is 2. The Bertz CT molecular complexity index is 1060. The first-order valence-corrected chi connectivity index (χ1v) is 10.1. The fraction of sp³-hybridized carbons (Fsp3) is 0.318. The van der Waals surface area contributed by atoms with Crippen LogP contribution in [0.4, 0.5) is 19.0 Å². The molecule has 1 aliphatic rings. The first-order valence-electron chi connectivity index (χ1n) is 9.72. The number of benzene rings is 2. The standard InChI is InChI=1S/C22H21ClF3N3O/c1-30-20-8-3-2-6-14(20)12-18-16-7-4-5-11-27-21(16)29(28-18)19-10-9-15(23)13-17(19)22(24,25)26/h2-3,6,8-10,13,27H,4-5,7,11-12H2,1H3. The summed E-state index contributed by atoms with van der Waals surface area (Å²) in [5.41, 5.74) is 1.77. The number of rotatable bonds is 4. The number of nitrogens with one attached hydrogen (secondary N) is 1. The molecule has 0 aliphatic carbocycles. The van der Waals surface area contributed by atoms with Crippen molar-refractivity contribution in [3.63, 3.8) is 0 Å². The van der Waals surface area contributed by atoms with Crippen LogP contribution < -0.4 is 10.1 Å². The van der Waals surface area contributed by atoms with Crippen LogP contribution in [0.2, 0.25) is 5.02 Å². The zero-order valence-electron chi connectivity index (χ0n) is 16.4. The summed E-state index contributed by atoms with van der Waals surface area (Å²) < 4.78 is 48.0. The molecule has 0 bridgehead atoms. The van der Waals surface area contributed by atoms with Gasteiger partial charge in [-0.1, -0.05) is 29.8 Å². The monoisotopic (exact) mass is 435 g/mol. The quantitative estimate of drug-likeness (QED) is 0.555. The zero-order chi connectivity index (χ0) is 21.3. The Morgan fingerprint density at radius 1 is 1.17 bits per heavy atom. The number of ether oxygens (including phenoxy) is 1. The average molecular weight is 436 g/mol. The number of nitrogens with zero attached hydrogens (tertiary/aromatic N) is 2. The molecular weight excluding hydrogens is 415 g/mol. The Balaban J connectivity index is 1.87. The number of anilines is 1. The van der Waals surface area contributed by atoms with E-state index in [1.165, 1.54) is 16.8 Å². The highest BCUT2D eigenvalue weighted by atomic mass is 35.5. The van der Waals surface area contributed by atoms with Gasteiger partial charge in [-0.05, 0) is 43.5 Å². The molecule has 4 nitrogen and oxygen atoms in total. The Hall–Kier alpha value is -2.67. The molecule has 0 saturated heterocycles. The predicted molar refractivity (Wildman–Crippen MR) is 111 cm³/mol. The van der Waals surface area contributed by atoms with Crippen molar-refractivity contribution in [3.8, 4) is 11.4 Å². The van der Waals surface area contributed by atoms with E-state index in [0.717, 1.165) is 47.9 Å². The molecule has 8 heteroatoms. The summed E-state index contributed by atoms with van der Waals surface area (Å²) in [6.45, 7) is 0.682. The van der Waals surface area contributed by atoms with Crippen LogP contribution in [-0.2, 0) is 19.0 Å². The number of alkyl halides is 3. The third kappa shape index (κ3) is 3.99. The molecule has 158 valence electrons. The summed E-state index contributed by atoms with van der Waals surface area (Å²) in [5.74, 6) is 1.34. The van der Waals surface area contributed by atoms with Gasteiger partial charge >= 0.3 is 6.18 Å². The molecule has 0 radical (unpaired) electrons. The molecule has 1 N–H and O–H groups in total. The lowest BCUT2D eigenvalue weighted by atomic mass is 10.0. The van der Waals surface area contributed by atoms with Gasteiger partial charge in [0.1, 0.15) is 11.6 Å². The van der Waals surface area contributed by atoms with Crippen molar-refractivity contribution in [1.82, 2.24) is 9.78 Å². The maximum Gasteiger partial charge on any atom is 0.418 e. The second-order valence-electron chi connectivity index (χ2n) is 7.22. The topological polar surface area (TPSA) is 39.1 Å². The Labute approximate surface area is 177 Å². The first-order chi connectivity index (χ1) is 14.4. The molecule has 2 heterocycles. The van der Waals surface area contributed by atoms with Crippen LogP contribution in [0.25, 0.3) is 5.69 Å². The predicted octanol–water partition coefficient (Wildman–Crippen LogP) is 5.89. The summed E-state index contributed by atoms with van der Waals surface area (Å²) >= 11 is 5.87. The molecule has 0 atom stereocenters. The molecule has 0 spiro atoms. The normalized spacial score (nSPS) is 14.0. The number of methoxy groups -OCH3 is 1. The van der Waals surface area contributed by atoms with Gasteiger partial charge in [0.15, 0.2) is 0 Å². The average Bonchev–Trinajstić information content (AvgIpc) is 2.89. The number of para-hydroxylation sites is 1. The zero-order valence-corrected chi connectivity index (χ0v) is 17.1. The van der Waals surface area contributed by atoms with Crippen LogP contribution in [0.3, 0.4) is 0 Å². The molecule has 2 aromatic carbocycles. The van der Waals surface area contributed by atoms with Crippen LogP contribution in [0.1, 0.15) is 35.2 Å². The second kappa shape index (κ2) is 8.22. The van der Waals surface area contributed by atoms with E-state index in [-0.39, 0.29) is 10.7 Å². The molecule has 0 fully saturated rings. The molecule has 0 unspecified atom stereocenters. The van der Waals surface area contributed by atoms with Gasteiger partial charge in [0.25, 0.3) is 0 Å². The first kappa shape index (κ1) is 20.6. The lowest BCUT2D eigenvalue weighted by molar-refractivity contribution is -0.137. The minimum atomic E-state index is -4.55. The highest BCUT2D eigenvalue weighted by molar-refractivity contribution is 6.30. The third-order valence-corrected chi connectivity index (χ3v) is 5.49. The molecule has 1 aliphatic heterocycles. The number of hydrogen-bond acceptors (Lipinski definition) is 3. The van der Waals surface area contributed by atoms with Crippen molar-refractivity contribution >= 4 is 17.4 Å². The van der Waals surface area contributed by atoms with Crippen LogP contribution in [0.5, 0.6) is 5.75 Å². The largest absolute Gasteiger partial charge is 0.496 e. The summed E-state index contributed by atoms with van der Waals surface area (Å²) in [4.78, 5) is 0. The minimum absolute atomic E-state index is 0.0338. The van der Waals surface area contributed by atoms with E-state index < -0.39 is 11.7 Å². The number of hydrogen-bond donors (Lipinski definition) is 1. The van der Waals surface area contributed by atoms with E-state index in [2.05, 4.69) is 10.4 Å². The fourth-order valence-corrected chi connectivity index (χ4v) is 4.01. The lowest BCUT2D eigenvalue weighted by Crippen LogP contribution is -2.14.